The van der Waals surface area contributed by atoms with Crippen LogP contribution in [0.25, 0.3) is 89.2 Å². The van der Waals surface area contributed by atoms with Crippen molar-refractivity contribution < 1.29 is 21.9 Å². The molecule has 5 heteroatoms. The predicted molar refractivity (Wildman–Crippen MR) is 205 cm³/mol. The molecule has 0 saturated heterocycles. The third-order valence-corrected chi connectivity index (χ3v) is 8.54. The minimum Gasteiger partial charge on any atom is -0.278 e. The van der Waals surface area contributed by atoms with Gasteiger partial charge >= 0.3 is 0 Å². The van der Waals surface area contributed by atoms with Crippen LogP contribution in [0.2, 0.25) is 0 Å². The minimum atomic E-state index is -0.693. The van der Waals surface area contributed by atoms with Gasteiger partial charge in [-0.3, -0.25) is 9.13 Å². The van der Waals surface area contributed by atoms with Gasteiger partial charge in [-0.15, -0.1) is 0 Å². The molecule has 0 saturated carbocycles. The fourth-order valence-electron chi connectivity index (χ4n) is 6.33. The quantitative estimate of drug-likeness (QED) is 0.185. The van der Waals surface area contributed by atoms with E-state index in [4.69, 9.17) is 36.9 Å². The molecule has 234 valence electrons. The maximum Gasteiger partial charge on any atom is 0.240 e. The molecule has 0 N–H and O–H groups in total. The lowest BCUT2D eigenvalue weighted by atomic mass is 9.94. The van der Waals surface area contributed by atoms with Gasteiger partial charge in [-0.25, -0.2) is 0 Å². The number of rotatable bonds is 5. The molecule has 0 aliphatic rings. The van der Waals surface area contributed by atoms with E-state index in [1.165, 1.54) is 0 Å². The van der Waals surface area contributed by atoms with Crippen molar-refractivity contribution in [3.8, 4) is 45.5 Å². The van der Waals surface area contributed by atoms with Crippen molar-refractivity contribution in [2.45, 2.75) is 0 Å². The van der Waals surface area contributed by atoms with Crippen molar-refractivity contribution in [2.75, 3.05) is 0 Å². The predicted octanol–water partition coefficient (Wildman–Crippen LogP) is 11.1. The molecule has 0 bridgehead atoms. The zero-order chi connectivity index (χ0) is 46.9. The SMILES string of the molecule is [2H]c1c([2H])c([2H])c2c(c1[2H])c1c([2H])c([2H])c([2H])c([2H])c1n2-c1nc(-c2ccc(-c3ccccc3-c3ccccc3)cc2)nc(-n2c3c([2H])c([2H])c([2H])c([2H])c3c3c([2H])c([2H])c([2H])c([2H])c32)n1. The molecule has 0 spiro atoms. The number of benzene rings is 7. The van der Waals surface area contributed by atoms with Crippen molar-refractivity contribution in [3.05, 3.63) is 176 Å². The standard InChI is InChI=1S/C45H29N5/c1-2-14-30(15-3-1)33-16-4-5-17-34(33)31-26-28-32(29-27-31)43-46-44(49-39-22-10-6-18-35(39)36-19-7-11-23-40(36)49)48-45(47-43)50-41-24-12-8-20-37(41)38-21-9-13-25-42(38)50/h1-29H/i6D,7D,8D,9D,10D,11D,12D,13D,18D,19D,20D,21D,22D,23D,24D,25D. The summed E-state index contributed by atoms with van der Waals surface area (Å²) in [5.41, 5.74) is 2.70. The molecule has 7 aromatic carbocycles. The van der Waals surface area contributed by atoms with Crippen LogP contribution in [0.5, 0.6) is 0 Å². The Morgan fingerprint density at radius 2 is 0.720 bits per heavy atom. The summed E-state index contributed by atoms with van der Waals surface area (Å²) in [6.07, 6.45) is 0. The molecule has 0 unspecified atom stereocenters. The van der Waals surface area contributed by atoms with E-state index in [0.29, 0.717) is 5.56 Å². The van der Waals surface area contributed by atoms with Crippen LogP contribution in [0.4, 0.5) is 0 Å². The molecule has 10 rings (SSSR count). The molecular weight excluding hydrogens is 611 g/mol. The molecule has 0 aliphatic heterocycles. The minimum absolute atomic E-state index is 0.133. The van der Waals surface area contributed by atoms with Gasteiger partial charge in [0.15, 0.2) is 5.82 Å². The summed E-state index contributed by atoms with van der Waals surface area (Å²) in [5, 5.41) is -1.03. The lowest BCUT2D eigenvalue weighted by Crippen LogP contribution is -2.10. The number of hydrogen-bond donors (Lipinski definition) is 0. The molecule has 0 atom stereocenters. The molecule has 0 amide bonds. The third kappa shape index (κ3) is 4.45. The Kier molecular flexibility index (Phi) is 3.76. The summed E-state index contributed by atoms with van der Waals surface area (Å²) in [7, 11) is 0. The van der Waals surface area contributed by atoms with Crippen LogP contribution < -0.4 is 0 Å². The van der Waals surface area contributed by atoms with Crippen LogP contribution >= 0.6 is 0 Å². The van der Waals surface area contributed by atoms with Gasteiger partial charge in [-0.2, -0.15) is 15.0 Å². The summed E-state index contributed by atoms with van der Waals surface area (Å²) >= 11 is 0. The Morgan fingerprint density at radius 1 is 0.360 bits per heavy atom. The highest BCUT2D eigenvalue weighted by molar-refractivity contribution is 6.10. The van der Waals surface area contributed by atoms with E-state index in [9.17, 15) is 0 Å². The second-order valence-electron chi connectivity index (χ2n) is 11.3. The highest BCUT2D eigenvalue weighted by Crippen LogP contribution is 2.36. The third-order valence-electron chi connectivity index (χ3n) is 8.54. The smallest absolute Gasteiger partial charge is 0.240 e. The number of para-hydroxylation sites is 4. The van der Waals surface area contributed by atoms with Crippen molar-refractivity contribution in [3.63, 3.8) is 0 Å². The van der Waals surface area contributed by atoms with Gasteiger partial charge in [0, 0.05) is 27.1 Å². The lowest BCUT2D eigenvalue weighted by molar-refractivity contribution is 0.893. The summed E-state index contributed by atoms with van der Waals surface area (Å²) in [4.78, 5) is 14.3. The Morgan fingerprint density at radius 3 is 1.16 bits per heavy atom. The normalized spacial score (nSPS) is 16.1. The zero-order valence-electron chi connectivity index (χ0n) is 41.7. The molecule has 10 aromatic rings. The first-order valence-corrected chi connectivity index (χ1v) is 15.5. The maximum atomic E-state index is 9.13. The number of hydrogen-bond acceptors (Lipinski definition) is 3. The molecule has 50 heavy (non-hydrogen) atoms. The Labute approximate surface area is 310 Å². The van der Waals surface area contributed by atoms with E-state index in [1.807, 2.05) is 66.7 Å². The van der Waals surface area contributed by atoms with Gasteiger partial charge < -0.3 is 0 Å². The molecule has 3 heterocycles. The summed E-state index contributed by atoms with van der Waals surface area (Å²) in [6, 6.07) is 14.2. The van der Waals surface area contributed by atoms with Crippen molar-refractivity contribution in [1.82, 2.24) is 24.1 Å². The van der Waals surface area contributed by atoms with Gasteiger partial charge in [0.1, 0.15) is 0 Å². The number of nitrogens with zero attached hydrogens (tertiary/aromatic N) is 5. The van der Waals surface area contributed by atoms with E-state index in [-0.39, 0.29) is 49.4 Å². The first-order chi connectivity index (χ1) is 31.5. The van der Waals surface area contributed by atoms with E-state index in [0.717, 1.165) is 31.4 Å². The monoisotopic (exact) mass is 655 g/mol. The summed E-state index contributed by atoms with van der Waals surface area (Å²) in [6.45, 7) is 0. The number of aromatic nitrogens is 5. The molecular formula is C45H29N5. The van der Waals surface area contributed by atoms with E-state index < -0.39 is 109 Å². The summed E-state index contributed by atoms with van der Waals surface area (Å²) < 4.78 is 143. The van der Waals surface area contributed by atoms with Gasteiger partial charge in [-0.05, 0) is 46.4 Å². The average molecular weight is 656 g/mol. The largest absolute Gasteiger partial charge is 0.278 e. The Bertz CT molecular complexity index is 3440. The molecule has 0 fully saturated rings. The molecule has 0 aliphatic carbocycles. The second-order valence-corrected chi connectivity index (χ2v) is 11.3. The fourth-order valence-corrected chi connectivity index (χ4v) is 6.33. The van der Waals surface area contributed by atoms with Crippen LogP contribution in [-0.4, -0.2) is 24.1 Å². The first-order valence-electron chi connectivity index (χ1n) is 23.5. The van der Waals surface area contributed by atoms with Crippen LogP contribution in [0, 0.1) is 0 Å². The topological polar surface area (TPSA) is 48.5 Å². The first kappa shape index (κ1) is 16.5. The van der Waals surface area contributed by atoms with Gasteiger partial charge in [0.2, 0.25) is 11.9 Å². The van der Waals surface area contributed by atoms with Gasteiger partial charge in [0.05, 0.1) is 44.0 Å². The van der Waals surface area contributed by atoms with Crippen LogP contribution in [0.15, 0.2) is 176 Å². The van der Waals surface area contributed by atoms with Gasteiger partial charge in [0.25, 0.3) is 0 Å². The van der Waals surface area contributed by atoms with Crippen molar-refractivity contribution in [2.24, 2.45) is 0 Å². The van der Waals surface area contributed by atoms with E-state index >= 15 is 0 Å². The lowest BCUT2D eigenvalue weighted by Gasteiger charge is -2.13. The maximum absolute atomic E-state index is 9.13. The Hall–Kier alpha value is -6.85. The van der Waals surface area contributed by atoms with E-state index in [2.05, 4.69) is 0 Å². The molecule has 3 aromatic heterocycles. The van der Waals surface area contributed by atoms with E-state index in [1.54, 1.807) is 12.1 Å². The second kappa shape index (κ2) is 11.4. The van der Waals surface area contributed by atoms with Crippen molar-refractivity contribution in [1.29, 1.82) is 0 Å². The highest BCUT2D eigenvalue weighted by Gasteiger charge is 2.20. The van der Waals surface area contributed by atoms with Crippen LogP contribution in [0.3, 0.4) is 0 Å². The summed E-state index contributed by atoms with van der Waals surface area (Å²) in [5.74, 6) is -1.05. The van der Waals surface area contributed by atoms with Crippen LogP contribution in [0.1, 0.15) is 21.9 Å². The molecule has 0 radical (unpaired) electrons. The van der Waals surface area contributed by atoms with Crippen molar-refractivity contribution >= 4 is 43.6 Å². The number of fused-ring (bicyclic) bond motifs is 6. The average Bonchev–Trinajstić information content (AvgIpc) is 3.89. The highest BCUT2D eigenvalue weighted by atomic mass is 15.3. The Balaban J connectivity index is 1.36. The fraction of sp³-hybridized carbons (Fsp3) is 0. The molecule has 5 nitrogen and oxygen atoms in total. The van der Waals surface area contributed by atoms with Gasteiger partial charge in [-0.1, -0.05) is 151 Å². The zero-order valence-corrected chi connectivity index (χ0v) is 25.7. The van der Waals surface area contributed by atoms with Crippen LogP contribution in [-0.2, 0) is 0 Å².